The summed E-state index contributed by atoms with van der Waals surface area (Å²) < 4.78 is 8.56. The SMILES string of the molecule is COc1ncn(C)c1C[N+]1=CC=CC1=O. The second kappa shape index (κ2) is 3.68. The third-order valence-electron chi connectivity index (χ3n) is 2.32. The standard InChI is InChI=1S/C10H12N3O2/c1-12-7-11-10(15-2)8(12)6-13-5-3-4-9(13)14/h3-5,7H,6H2,1-2H3/q+1. The monoisotopic (exact) mass is 206 g/mol. The summed E-state index contributed by atoms with van der Waals surface area (Å²) in [5.74, 6) is 0.545. The lowest BCUT2D eigenvalue weighted by Crippen LogP contribution is -2.17. The number of rotatable bonds is 3. The topological polar surface area (TPSA) is 47.1 Å². The number of nitrogens with zero attached hydrogens (tertiary/aromatic N) is 3. The van der Waals surface area contributed by atoms with Crippen LogP contribution in [0, 0.1) is 0 Å². The summed E-state index contributed by atoms with van der Waals surface area (Å²) in [5.41, 5.74) is 0.880. The van der Waals surface area contributed by atoms with Gasteiger partial charge in [0, 0.05) is 13.1 Å². The van der Waals surface area contributed by atoms with Gasteiger partial charge in [0.2, 0.25) is 5.88 Å². The number of aromatic nitrogens is 2. The van der Waals surface area contributed by atoms with Crippen molar-refractivity contribution in [3.8, 4) is 5.88 Å². The summed E-state index contributed by atoms with van der Waals surface area (Å²) in [6.07, 6.45) is 6.67. The van der Waals surface area contributed by atoms with Crippen LogP contribution in [0.4, 0.5) is 0 Å². The second-order valence-corrected chi connectivity index (χ2v) is 3.29. The highest BCUT2D eigenvalue weighted by atomic mass is 16.5. The van der Waals surface area contributed by atoms with Crippen molar-refractivity contribution < 1.29 is 14.1 Å². The van der Waals surface area contributed by atoms with Gasteiger partial charge in [0.15, 0.2) is 12.8 Å². The molecular weight excluding hydrogens is 194 g/mol. The van der Waals surface area contributed by atoms with Gasteiger partial charge in [0.05, 0.1) is 19.5 Å². The number of methoxy groups -OCH3 is 1. The highest BCUT2D eigenvalue weighted by Crippen LogP contribution is 2.15. The van der Waals surface area contributed by atoms with E-state index in [0.29, 0.717) is 12.4 Å². The maximum Gasteiger partial charge on any atom is 0.412 e. The summed E-state index contributed by atoms with van der Waals surface area (Å²) in [5, 5.41) is 0. The lowest BCUT2D eigenvalue weighted by atomic mass is 10.4. The molecule has 15 heavy (non-hydrogen) atoms. The molecule has 0 spiro atoms. The minimum absolute atomic E-state index is 0.0155. The summed E-state index contributed by atoms with van der Waals surface area (Å²) in [6, 6.07) is 0. The number of carbonyl (C=O) groups is 1. The lowest BCUT2D eigenvalue weighted by Gasteiger charge is -2.01. The maximum atomic E-state index is 11.3. The molecule has 1 aromatic heterocycles. The molecule has 0 saturated carbocycles. The average Bonchev–Trinajstić information content (AvgIpc) is 2.77. The Bertz CT molecular complexity index is 457. The summed E-state index contributed by atoms with van der Waals surface area (Å²) in [6.45, 7) is 0.478. The van der Waals surface area contributed by atoms with E-state index in [1.807, 2.05) is 11.6 Å². The smallest absolute Gasteiger partial charge is 0.412 e. The summed E-state index contributed by atoms with van der Waals surface area (Å²) >= 11 is 0. The fourth-order valence-electron chi connectivity index (χ4n) is 1.47. The normalized spacial score (nSPS) is 14.5. The zero-order valence-electron chi connectivity index (χ0n) is 8.67. The van der Waals surface area contributed by atoms with E-state index >= 15 is 0 Å². The van der Waals surface area contributed by atoms with Crippen molar-refractivity contribution in [1.29, 1.82) is 0 Å². The molecule has 0 aliphatic carbocycles. The van der Waals surface area contributed by atoms with Gasteiger partial charge in [-0.3, -0.25) is 0 Å². The largest absolute Gasteiger partial charge is 0.480 e. The zero-order valence-corrected chi connectivity index (χ0v) is 8.67. The van der Waals surface area contributed by atoms with Crippen LogP contribution in [0.5, 0.6) is 5.88 Å². The van der Waals surface area contributed by atoms with E-state index in [4.69, 9.17) is 4.74 Å². The first-order chi connectivity index (χ1) is 7.22. The molecule has 1 aliphatic heterocycles. The number of aryl methyl sites for hydroxylation is 1. The van der Waals surface area contributed by atoms with Gasteiger partial charge in [-0.05, 0) is 0 Å². The lowest BCUT2D eigenvalue weighted by molar-refractivity contribution is -0.453. The molecule has 2 heterocycles. The predicted molar refractivity (Wildman–Crippen MR) is 53.9 cm³/mol. The Balaban J connectivity index is 2.24. The Morgan fingerprint density at radius 2 is 2.40 bits per heavy atom. The van der Waals surface area contributed by atoms with E-state index in [0.717, 1.165) is 5.69 Å². The molecular formula is C10H12N3O2+. The number of carbonyl (C=O) groups excluding carboxylic acids is 1. The molecule has 0 radical (unpaired) electrons. The fourth-order valence-corrected chi connectivity index (χ4v) is 1.47. The van der Waals surface area contributed by atoms with Crippen LogP contribution in [0.1, 0.15) is 5.69 Å². The minimum Gasteiger partial charge on any atom is -0.480 e. The Kier molecular flexibility index (Phi) is 2.37. The Morgan fingerprint density at radius 3 is 3.00 bits per heavy atom. The van der Waals surface area contributed by atoms with E-state index in [2.05, 4.69) is 4.98 Å². The van der Waals surface area contributed by atoms with Gasteiger partial charge in [0.1, 0.15) is 5.69 Å². The third-order valence-corrected chi connectivity index (χ3v) is 2.32. The van der Waals surface area contributed by atoms with Crippen molar-refractivity contribution in [3.63, 3.8) is 0 Å². The quantitative estimate of drug-likeness (QED) is 0.659. The molecule has 0 N–H and O–H groups in total. The number of hydrogen-bond donors (Lipinski definition) is 0. The van der Waals surface area contributed by atoms with Crippen LogP contribution in [0.3, 0.4) is 0 Å². The van der Waals surface area contributed by atoms with E-state index in [1.165, 1.54) is 6.08 Å². The van der Waals surface area contributed by atoms with Gasteiger partial charge in [-0.2, -0.15) is 4.58 Å². The molecule has 2 rings (SSSR count). The van der Waals surface area contributed by atoms with Crippen molar-refractivity contribution in [1.82, 2.24) is 9.55 Å². The average molecular weight is 206 g/mol. The molecule has 0 bridgehead atoms. The van der Waals surface area contributed by atoms with Crippen LogP contribution >= 0.6 is 0 Å². The van der Waals surface area contributed by atoms with Crippen LogP contribution < -0.4 is 4.74 Å². The molecule has 5 nitrogen and oxygen atoms in total. The zero-order chi connectivity index (χ0) is 10.8. The van der Waals surface area contributed by atoms with Gasteiger partial charge >= 0.3 is 5.91 Å². The van der Waals surface area contributed by atoms with Gasteiger partial charge in [-0.15, -0.1) is 0 Å². The molecule has 1 aliphatic rings. The van der Waals surface area contributed by atoms with Gasteiger partial charge in [-0.25, -0.2) is 9.78 Å². The number of ether oxygens (including phenoxy) is 1. The molecule has 78 valence electrons. The molecule has 5 heteroatoms. The van der Waals surface area contributed by atoms with Crippen molar-refractivity contribution in [3.05, 3.63) is 24.2 Å². The molecule has 0 aromatic carbocycles. The Morgan fingerprint density at radius 1 is 1.60 bits per heavy atom. The summed E-state index contributed by atoms with van der Waals surface area (Å²) in [7, 11) is 3.44. The van der Waals surface area contributed by atoms with Crippen LogP contribution in [-0.4, -0.2) is 33.4 Å². The van der Waals surface area contributed by atoms with Crippen LogP contribution in [-0.2, 0) is 18.4 Å². The molecule has 1 amide bonds. The van der Waals surface area contributed by atoms with Gasteiger partial charge in [0.25, 0.3) is 0 Å². The number of allylic oxidation sites excluding steroid dienone is 1. The Hall–Kier alpha value is -1.91. The van der Waals surface area contributed by atoms with Crippen molar-refractivity contribution >= 4 is 12.1 Å². The van der Waals surface area contributed by atoms with E-state index in [9.17, 15) is 4.79 Å². The van der Waals surface area contributed by atoms with Crippen molar-refractivity contribution in [2.45, 2.75) is 6.54 Å². The molecule has 0 saturated heterocycles. The highest BCUT2D eigenvalue weighted by Gasteiger charge is 2.22. The first-order valence-electron chi connectivity index (χ1n) is 4.58. The third kappa shape index (κ3) is 1.68. The van der Waals surface area contributed by atoms with Crippen LogP contribution in [0.15, 0.2) is 18.5 Å². The highest BCUT2D eigenvalue weighted by molar-refractivity contribution is 5.93. The van der Waals surface area contributed by atoms with E-state index in [1.54, 1.807) is 30.3 Å². The van der Waals surface area contributed by atoms with Crippen molar-refractivity contribution in [2.75, 3.05) is 7.11 Å². The fraction of sp³-hybridized carbons (Fsp3) is 0.300. The van der Waals surface area contributed by atoms with E-state index < -0.39 is 0 Å². The van der Waals surface area contributed by atoms with Crippen LogP contribution in [0.25, 0.3) is 0 Å². The predicted octanol–water partition coefficient (Wildman–Crippen LogP) is 0.108. The number of amides is 1. The number of imidazole rings is 1. The first-order valence-corrected chi connectivity index (χ1v) is 4.58. The van der Waals surface area contributed by atoms with Crippen molar-refractivity contribution in [2.24, 2.45) is 7.05 Å². The summed E-state index contributed by atoms with van der Waals surface area (Å²) in [4.78, 5) is 15.4. The Labute approximate surface area is 87.3 Å². The van der Waals surface area contributed by atoms with E-state index in [-0.39, 0.29) is 5.91 Å². The second-order valence-electron chi connectivity index (χ2n) is 3.29. The minimum atomic E-state index is -0.0155. The molecule has 0 fully saturated rings. The van der Waals surface area contributed by atoms with Gasteiger partial charge < -0.3 is 9.30 Å². The molecule has 0 unspecified atom stereocenters. The van der Waals surface area contributed by atoms with Gasteiger partial charge in [-0.1, -0.05) is 0 Å². The molecule has 0 atom stereocenters. The number of hydrogen-bond acceptors (Lipinski definition) is 3. The van der Waals surface area contributed by atoms with Crippen LogP contribution in [0.2, 0.25) is 0 Å². The maximum absolute atomic E-state index is 11.3. The molecule has 1 aromatic rings. The first kappa shape index (κ1) is 9.64.